The summed E-state index contributed by atoms with van der Waals surface area (Å²) < 4.78 is 11.1. The summed E-state index contributed by atoms with van der Waals surface area (Å²) in [4.78, 5) is 18.0. The quantitative estimate of drug-likeness (QED) is 0.866. The van der Waals surface area contributed by atoms with Crippen molar-refractivity contribution in [3.63, 3.8) is 0 Å². The third-order valence-electron chi connectivity index (χ3n) is 3.72. The van der Waals surface area contributed by atoms with Gasteiger partial charge in [0, 0.05) is 30.6 Å². The molecule has 0 unspecified atom stereocenters. The second-order valence-electron chi connectivity index (χ2n) is 5.67. The Kier molecular flexibility index (Phi) is 4.09. The number of aromatic nitrogens is 2. The van der Waals surface area contributed by atoms with Crippen LogP contribution in [0.3, 0.4) is 0 Å². The monoisotopic (exact) mass is 301 g/mol. The van der Waals surface area contributed by atoms with E-state index in [1.807, 2.05) is 30.9 Å². The van der Waals surface area contributed by atoms with Crippen LogP contribution in [0, 0.1) is 5.92 Å². The molecular formula is C16H19N3O3. The van der Waals surface area contributed by atoms with Crippen molar-refractivity contribution in [3.8, 4) is 5.75 Å². The lowest BCUT2D eigenvalue weighted by atomic mass is 10.0. The van der Waals surface area contributed by atoms with E-state index in [1.165, 1.54) is 0 Å². The van der Waals surface area contributed by atoms with E-state index in [0.29, 0.717) is 31.9 Å². The summed E-state index contributed by atoms with van der Waals surface area (Å²) in [5.41, 5.74) is 1.73. The Hall–Kier alpha value is -2.37. The highest BCUT2D eigenvalue weighted by molar-refractivity contribution is 5.78. The van der Waals surface area contributed by atoms with Crippen LogP contribution >= 0.6 is 0 Å². The van der Waals surface area contributed by atoms with Crippen LogP contribution in [-0.4, -0.2) is 27.5 Å². The molecule has 1 aliphatic heterocycles. The molecular weight excluding hydrogens is 282 g/mol. The minimum atomic E-state index is -0.00324. The lowest BCUT2D eigenvalue weighted by Gasteiger charge is -2.27. The SMILES string of the molecule is CC(C)C(=O)N1CCc2onc(COc3cccnc3)c2C1. The first-order valence-electron chi connectivity index (χ1n) is 7.43. The van der Waals surface area contributed by atoms with Gasteiger partial charge in [0.05, 0.1) is 12.7 Å². The van der Waals surface area contributed by atoms with Crippen LogP contribution in [0.2, 0.25) is 0 Å². The van der Waals surface area contributed by atoms with Crippen molar-refractivity contribution in [2.75, 3.05) is 6.54 Å². The van der Waals surface area contributed by atoms with Gasteiger partial charge in [0.25, 0.3) is 0 Å². The number of carbonyl (C=O) groups is 1. The van der Waals surface area contributed by atoms with Crippen LogP contribution in [0.5, 0.6) is 5.75 Å². The zero-order valence-corrected chi connectivity index (χ0v) is 12.8. The van der Waals surface area contributed by atoms with Crippen LogP contribution in [0.25, 0.3) is 0 Å². The molecule has 3 heterocycles. The van der Waals surface area contributed by atoms with E-state index in [4.69, 9.17) is 9.26 Å². The number of rotatable bonds is 4. The fourth-order valence-corrected chi connectivity index (χ4v) is 2.51. The van der Waals surface area contributed by atoms with Gasteiger partial charge in [-0.05, 0) is 12.1 Å². The Morgan fingerprint density at radius 3 is 3.09 bits per heavy atom. The highest BCUT2D eigenvalue weighted by Crippen LogP contribution is 2.24. The molecule has 0 saturated carbocycles. The summed E-state index contributed by atoms with van der Waals surface area (Å²) in [7, 11) is 0. The summed E-state index contributed by atoms with van der Waals surface area (Å²) in [5, 5.41) is 4.09. The van der Waals surface area contributed by atoms with Crippen molar-refractivity contribution in [2.45, 2.75) is 33.4 Å². The number of hydrogen-bond acceptors (Lipinski definition) is 5. The van der Waals surface area contributed by atoms with Crippen molar-refractivity contribution in [1.29, 1.82) is 0 Å². The third kappa shape index (κ3) is 2.95. The van der Waals surface area contributed by atoms with Crippen molar-refractivity contribution >= 4 is 5.91 Å². The molecule has 0 bridgehead atoms. The van der Waals surface area contributed by atoms with Gasteiger partial charge in [-0.1, -0.05) is 19.0 Å². The molecule has 0 radical (unpaired) electrons. The Balaban J connectivity index is 1.71. The summed E-state index contributed by atoms with van der Waals surface area (Å²) in [5.74, 6) is 1.70. The van der Waals surface area contributed by atoms with Gasteiger partial charge in [-0.3, -0.25) is 9.78 Å². The molecule has 6 heteroatoms. The number of ether oxygens (including phenoxy) is 1. The Labute approximate surface area is 129 Å². The molecule has 0 aliphatic carbocycles. The first-order chi connectivity index (χ1) is 10.6. The summed E-state index contributed by atoms with van der Waals surface area (Å²) in [6.07, 6.45) is 4.05. The van der Waals surface area contributed by atoms with Crippen molar-refractivity contribution in [1.82, 2.24) is 15.0 Å². The van der Waals surface area contributed by atoms with Gasteiger partial charge in [-0.25, -0.2) is 0 Å². The topological polar surface area (TPSA) is 68.5 Å². The van der Waals surface area contributed by atoms with Gasteiger partial charge in [-0.15, -0.1) is 0 Å². The van der Waals surface area contributed by atoms with E-state index in [-0.39, 0.29) is 11.8 Å². The number of pyridine rings is 1. The van der Waals surface area contributed by atoms with Crippen LogP contribution in [-0.2, 0) is 24.4 Å². The fourth-order valence-electron chi connectivity index (χ4n) is 2.51. The maximum atomic E-state index is 12.2. The standard InChI is InChI=1S/C16H19N3O3/c1-11(2)16(20)19-7-5-15-13(9-19)14(18-22-15)10-21-12-4-3-6-17-8-12/h3-4,6,8,11H,5,7,9-10H2,1-2H3. The lowest BCUT2D eigenvalue weighted by molar-refractivity contribution is -0.135. The molecule has 2 aromatic heterocycles. The van der Waals surface area contributed by atoms with E-state index in [1.54, 1.807) is 12.4 Å². The zero-order chi connectivity index (χ0) is 15.5. The maximum absolute atomic E-state index is 12.2. The van der Waals surface area contributed by atoms with Crippen LogP contribution in [0.15, 0.2) is 29.0 Å². The largest absolute Gasteiger partial charge is 0.486 e. The number of amides is 1. The minimum absolute atomic E-state index is 0.00324. The van der Waals surface area contributed by atoms with Crippen molar-refractivity contribution in [3.05, 3.63) is 41.5 Å². The van der Waals surface area contributed by atoms with Gasteiger partial charge >= 0.3 is 0 Å². The molecule has 6 nitrogen and oxygen atoms in total. The Morgan fingerprint density at radius 2 is 2.36 bits per heavy atom. The van der Waals surface area contributed by atoms with Gasteiger partial charge in [0.2, 0.25) is 5.91 Å². The van der Waals surface area contributed by atoms with Crippen LogP contribution < -0.4 is 4.74 Å². The molecule has 0 fully saturated rings. The zero-order valence-electron chi connectivity index (χ0n) is 12.8. The fraction of sp³-hybridized carbons (Fsp3) is 0.438. The number of carbonyl (C=O) groups excluding carboxylic acids is 1. The minimum Gasteiger partial charge on any atom is -0.486 e. The average Bonchev–Trinajstić information content (AvgIpc) is 2.95. The molecule has 1 aliphatic rings. The highest BCUT2D eigenvalue weighted by Gasteiger charge is 2.28. The molecule has 0 saturated heterocycles. The first-order valence-corrected chi connectivity index (χ1v) is 7.43. The molecule has 3 rings (SSSR count). The van der Waals surface area contributed by atoms with Crippen LogP contribution in [0.1, 0.15) is 30.9 Å². The summed E-state index contributed by atoms with van der Waals surface area (Å²) in [6.45, 7) is 5.37. The average molecular weight is 301 g/mol. The molecule has 1 amide bonds. The molecule has 22 heavy (non-hydrogen) atoms. The number of nitrogens with zero attached hydrogens (tertiary/aromatic N) is 3. The van der Waals surface area contributed by atoms with E-state index >= 15 is 0 Å². The second-order valence-corrected chi connectivity index (χ2v) is 5.67. The van der Waals surface area contributed by atoms with Crippen LogP contribution in [0.4, 0.5) is 0 Å². The molecule has 0 spiro atoms. The highest BCUT2D eigenvalue weighted by atomic mass is 16.5. The summed E-state index contributed by atoms with van der Waals surface area (Å²) >= 11 is 0. The lowest BCUT2D eigenvalue weighted by Crippen LogP contribution is -2.38. The van der Waals surface area contributed by atoms with E-state index in [2.05, 4.69) is 10.1 Å². The molecule has 116 valence electrons. The van der Waals surface area contributed by atoms with E-state index < -0.39 is 0 Å². The molecule has 0 N–H and O–H groups in total. The predicted octanol–water partition coefficient (Wildman–Crippen LogP) is 2.19. The van der Waals surface area contributed by atoms with Gasteiger partial charge < -0.3 is 14.2 Å². The predicted molar refractivity (Wildman–Crippen MR) is 79.0 cm³/mol. The second kappa shape index (κ2) is 6.17. The maximum Gasteiger partial charge on any atom is 0.225 e. The smallest absolute Gasteiger partial charge is 0.225 e. The van der Waals surface area contributed by atoms with E-state index in [0.717, 1.165) is 17.0 Å². The molecule has 2 aromatic rings. The van der Waals surface area contributed by atoms with Gasteiger partial charge in [0.15, 0.2) is 0 Å². The number of fused-ring (bicyclic) bond motifs is 1. The Bertz CT molecular complexity index is 652. The van der Waals surface area contributed by atoms with Gasteiger partial charge in [-0.2, -0.15) is 0 Å². The van der Waals surface area contributed by atoms with Crippen molar-refractivity contribution < 1.29 is 14.1 Å². The third-order valence-corrected chi connectivity index (χ3v) is 3.72. The van der Waals surface area contributed by atoms with Crippen molar-refractivity contribution in [2.24, 2.45) is 5.92 Å². The normalized spacial score (nSPS) is 14.0. The number of hydrogen-bond donors (Lipinski definition) is 0. The van der Waals surface area contributed by atoms with E-state index in [9.17, 15) is 4.79 Å². The van der Waals surface area contributed by atoms with Gasteiger partial charge in [0.1, 0.15) is 23.8 Å². The molecule has 0 aromatic carbocycles. The summed E-state index contributed by atoms with van der Waals surface area (Å²) in [6, 6.07) is 3.66. The Morgan fingerprint density at radius 1 is 1.50 bits per heavy atom. The first kappa shape index (κ1) is 14.6. The molecule has 0 atom stereocenters.